The van der Waals surface area contributed by atoms with Gasteiger partial charge in [0.15, 0.2) is 0 Å². The number of H-pyrrole nitrogens is 1. The van der Waals surface area contributed by atoms with Crippen LogP contribution in [0.5, 0.6) is 0 Å². The van der Waals surface area contributed by atoms with Gasteiger partial charge in [-0.2, -0.15) is 0 Å². The van der Waals surface area contributed by atoms with Gasteiger partial charge in [-0.1, -0.05) is 0 Å². The summed E-state index contributed by atoms with van der Waals surface area (Å²) in [7, 11) is 0. The van der Waals surface area contributed by atoms with Crippen molar-refractivity contribution in [3.8, 4) is 0 Å². The lowest BCUT2D eigenvalue weighted by Gasteiger charge is -2.15. The number of benzene rings is 1. The van der Waals surface area contributed by atoms with E-state index in [0.717, 1.165) is 0 Å². The smallest absolute Gasteiger partial charge is 0.258 e. The van der Waals surface area contributed by atoms with E-state index in [2.05, 4.69) is 9.97 Å². The fraction of sp³-hybridized carbons (Fsp3) is 0.250. The van der Waals surface area contributed by atoms with Gasteiger partial charge in [-0.25, -0.2) is 4.98 Å². The van der Waals surface area contributed by atoms with Gasteiger partial charge in [0.05, 0.1) is 36.3 Å². The first-order valence-corrected chi connectivity index (χ1v) is 5.61. The Bertz CT molecular complexity index is 680. The zero-order valence-electron chi connectivity index (χ0n) is 9.46. The number of anilines is 1. The van der Waals surface area contributed by atoms with Crippen LogP contribution in [-0.4, -0.2) is 33.6 Å². The molecule has 0 spiro atoms. The molecule has 1 aromatic heterocycles. The van der Waals surface area contributed by atoms with Gasteiger partial charge in [0.1, 0.15) is 0 Å². The summed E-state index contributed by atoms with van der Waals surface area (Å²) in [6.45, 7) is 0.266. The number of nitrogens with one attached hydrogen (secondary N) is 1. The molecular weight excluding hydrogens is 234 g/mol. The molecular formula is C12H11N3O3. The van der Waals surface area contributed by atoms with Crippen molar-refractivity contribution >= 4 is 22.5 Å². The molecule has 1 fully saturated rings. The molecule has 2 heterocycles. The predicted octanol–water partition coefficient (Wildman–Crippen LogP) is 0.0207. The lowest BCUT2D eigenvalue weighted by atomic mass is 10.2. The molecule has 1 aliphatic heterocycles. The van der Waals surface area contributed by atoms with E-state index in [4.69, 9.17) is 0 Å². The number of hydrogen-bond donors (Lipinski definition) is 2. The summed E-state index contributed by atoms with van der Waals surface area (Å²) < 4.78 is 0. The Balaban J connectivity index is 2.11. The van der Waals surface area contributed by atoms with E-state index in [0.29, 0.717) is 16.6 Å². The molecule has 1 unspecified atom stereocenters. The molecule has 2 aromatic rings. The van der Waals surface area contributed by atoms with Gasteiger partial charge in [-0.3, -0.25) is 9.59 Å². The average Bonchev–Trinajstić information content (AvgIpc) is 2.69. The van der Waals surface area contributed by atoms with Crippen molar-refractivity contribution in [1.29, 1.82) is 0 Å². The molecule has 2 N–H and O–H groups in total. The summed E-state index contributed by atoms with van der Waals surface area (Å²) in [5.41, 5.74) is 0.950. The zero-order valence-corrected chi connectivity index (χ0v) is 9.46. The lowest BCUT2D eigenvalue weighted by molar-refractivity contribution is -0.117. The number of rotatable bonds is 1. The number of nitrogens with zero attached hydrogens (tertiary/aromatic N) is 2. The summed E-state index contributed by atoms with van der Waals surface area (Å²) in [5.74, 6) is -0.137. The van der Waals surface area contributed by atoms with E-state index in [1.807, 2.05) is 0 Å². The molecule has 1 aromatic carbocycles. The highest BCUT2D eigenvalue weighted by atomic mass is 16.3. The molecule has 1 amide bonds. The van der Waals surface area contributed by atoms with Gasteiger partial charge in [0.25, 0.3) is 5.56 Å². The number of carbonyl (C=O) groups is 1. The van der Waals surface area contributed by atoms with Crippen molar-refractivity contribution < 1.29 is 9.90 Å². The van der Waals surface area contributed by atoms with Gasteiger partial charge < -0.3 is 15.0 Å². The molecule has 0 aliphatic carbocycles. The highest BCUT2D eigenvalue weighted by Gasteiger charge is 2.29. The summed E-state index contributed by atoms with van der Waals surface area (Å²) in [6.07, 6.45) is 0.830. The van der Waals surface area contributed by atoms with E-state index in [9.17, 15) is 14.7 Å². The van der Waals surface area contributed by atoms with Gasteiger partial charge >= 0.3 is 0 Å². The van der Waals surface area contributed by atoms with Crippen LogP contribution in [0.15, 0.2) is 29.3 Å². The SMILES string of the molecule is O=C1CC(O)CN1c1ccc2nc[nH]c(=O)c2c1. The number of carbonyl (C=O) groups excluding carboxylic acids is 1. The van der Waals surface area contributed by atoms with Crippen LogP contribution in [0.2, 0.25) is 0 Å². The molecule has 6 nitrogen and oxygen atoms in total. The van der Waals surface area contributed by atoms with Crippen molar-refractivity contribution in [2.75, 3.05) is 11.4 Å². The predicted molar refractivity (Wildman–Crippen MR) is 65.3 cm³/mol. The van der Waals surface area contributed by atoms with Gasteiger partial charge in [0, 0.05) is 5.69 Å². The van der Waals surface area contributed by atoms with Crippen LogP contribution >= 0.6 is 0 Å². The summed E-state index contributed by atoms with van der Waals surface area (Å²) in [6, 6.07) is 5.04. The number of aromatic nitrogens is 2. The fourth-order valence-electron chi connectivity index (χ4n) is 2.16. The minimum atomic E-state index is -0.639. The average molecular weight is 245 g/mol. The number of aromatic amines is 1. The van der Waals surface area contributed by atoms with Crippen molar-refractivity contribution in [1.82, 2.24) is 9.97 Å². The van der Waals surface area contributed by atoms with Crippen LogP contribution in [0, 0.1) is 0 Å². The molecule has 0 saturated carbocycles. The van der Waals surface area contributed by atoms with Crippen LogP contribution in [0.1, 0.15) is 6.42 Å². The van der Waals surface area contributed by atoms with Crippen LogP contribution < -0.4 is 10.5 Å². The van der Waals surface area contributed by atoms with Gasteiger partial charge in [-0.05, 0) is 18.2 Å². The summed E-state index contributed by atoms with van der Waals surface area (Å²) in [4.78, 5) is 31.3. The number of fused-ring (bicyclic) bond motifs is 1. The Morgan fingerprint density at radius 3 is 2.94 bits per heavy atom. The first-order chi connectivity index (χ1) is 8.65. The maximum atomic E-state index is 11.7. The van der Waals surface area contributed by atoms with Crippen LogP contribution in [0.3, 0.4) is 0 Å². The van der Waals surface area contributed by atoms with Crippen LogP contribution in [0.4, 0.5) is 5.69 Å². The molecule has 6 heteroatoms. The number of aliphatic hydroxyl groups excluding tert-OH is 1. The monoisotopic (exact) mass is 245 g/mol. The third-order valence-electron chi connectivity index (χ3n) is 3.04. The molecule has 0 radical (unpaired) electrons. The van der Waals surface area contributed by atoms with Crippen LogP contribution in [-0.2, 0) is 4.79 Å². The Hall–Kier alpha value is -2.21. The summed E-state index contributed by atoms with van der Waals surface area (Å²) >= 11 is 0. The van der Waals surface area contributed by atoms with E-state index in [1.54, 1.807) is 18.2 Å². The molecule has 1 saturated heterocycles. The number of β-amino-alcohol motifs (C(OH)–C–C–N with tert-alkyl or cyclic N) is 1. The largest absolute Gasteiger partial charge is 0.391 e. The first-order valence-electron chi connectivity index (χ1n) is 5.61. The standard InChI is InChI=1S/C12H11N3O3/c16-8-4-11(17)15(5-8)7-1-2-10-9(3-7)12(18)14-6-13-10/h1-3,6,8,16H,4-5H2,(H,13,14,18). The van der Waals surface area contributed by atoms with Crippen molar-refractivity contribution in [2.24, 2.45) is 0 Å². The molecule has 0 bridgehead atoms. The van der Waals surface area contributed by atoms with Crippen molar-refractivity contribution in [2.45, 2.75) is 12.5 Å². The Morgan fingerprint density at radius 2 is 2.22 bits per heavy atom. The van der Waals surface area contributed by atoms with Gasteiger partial charge in [-0.15, -0.1) is 0 Å². The molecule has 1 aliphatic rings. The highest BCUT2D eigenvalue weighted by molar-refractivity contribution is 5.97. The second-order valence-electron chi connectivity index (χ2n) is 4.30. The quantitative estimate of drug-likeness (QED) is 0.741. The highest BCUT2D eigenvalue weighted by Crippen LogP contribution is 2.23. The normalized spacial score (nSPS) is 19.7. The minimum Gasteiger partial charge on any atom is -0.391 e. The number of hydrogen-bond acceptors (Lipinski definition) is 4. The fourth-order valence-corrected chi connectivity index (χ4v) is 2.16. The maximum absolute atomic E-state index is 11.7. The molecule has 18 heavy (non-hydrogen) atoms. The third kappa shape index (κ3) is 1.67. The summed E-state index contributed by atoms with van der Waals surface area (Å²) in [5, 5.41) is 9.89. The Kier molecular flexibility index (Phi) is 2.38. The van der Waals surface area contributed by atoms with E-state index in [1.165, 1.54) is 11.2 Å². The first kappa shape index (κ1) is 10.9. The molecule has 3 rings (SSSR count). The Morgan fingerprint density at radius 1 is 1.39 bits per heavy atom. The van der Waals surface area contributed by atoms with Crippen molar-refractivity contribution in [3.63, 3.8) is 0 Å². The zero-order chi connectivity index (χ0) is 12.7. The second kappa shape index (κ2) is 3.92. The number of aliphatic hydroxyl groups is 1. The lowest BCUT2D eigenvalue weighted by Crippen LogP contribution is -2.25. The number of amides is 1. The minimum absolute atomic E-state index is 0.126. The molecule has 92 valence electrons. The van der Waals surface area contributed by atoms with Crippen molar-refractivity contribution in [3.05, 3.63) is 34.9 Å². The maximum Gasteiger partial charge on any atom is 0.258 e. The van der Waals surface area contributed by atoms with Gasteiger partial charge in [0.2, 0.25) is 5.91 Å². The van der Waals surface area contributed by atoms with E-state index >= 15 is 0 Å². The second-order valence-corrected chi connectivity index (χ2v) is 4.30. The van der Waals surface area contributed by atoms with E-state index < -0.39 is 6.10 Å². The van der Waals surface area contributed by atoms with Crippen LogP contribution in [0.25, 0.3) is 10.9 Å². The third-order valence-corrected chi connectivity index (χ3v) is 3.04. The van der Waals surface area contributed by atoms with E-state index in [-0.39, 0.29) is 24.4 Å². The molecule has 1 atom stereocenters. The topological polar surface area (TPSA) is 86.3 Å². The Labute approximate surface area is 102 Å².